The molecule has 0 saturated heterocycles. The Hall–Kier alpha value is -0.0400. The fraction of sp³-hybridized carbons (Fsp3) is 1.00. The first kappa shape index (κ1) is 12.0. The third-order valence-corrected chi connectivity index (χ3v) is 3.64. The molecule has 0 unspecified atom stereocenters. The van der Waals surface area contributed by atoms with E-state index in [2.05, 4.69) is 33.0 Å². The Kier molecular flexibility index (Phi) is 4.94. The van der Waals surface area contributed by atoms with Gasteiger partial charge in [0.25, 0.3) is 0 Å². The van der Waals surface area contributed by atoms with Crippen LogP contribution in [0.3, 0.4) is 0 Å². The van der Waals surface area contributed by atoms with Crippen LogP contribution >= 0.6 is 0 Å². The maximum atomic E-state index is 3.82. The van der Waals surface area contributed by atoms with E-state index in [1.54, 1.807) is 0 Å². The van der Waals surface area contributed by atoms with Crippen molar-refractivity contribution in [2.45, 2.75) is 71.9 Å². The fourth-order valence-corrected chi connectivity index (χ4v) is 2.94. The Morgan fingerprint density at radius 2 is 1.50 bits per heavy atom. The van der Waals surface area contributed by atoms with Gasteiger partial charge in [-0.3, -0.25) is 0 Å². The Morgan fingerprint density at radius 1 is 1.00 bits per heavy atom. The maximum Gasteiger partial charge on any atom is 0.00747 e. The van der Waals surface area contributed by atoms with Crippen molar-refractivity contribution in [2.24, 2.45) is 11.8 Å². The minimum Gasteiger partial charge on any atom is -0.311 e. The molecule has 0 aromatic rings. The van der Waals surface area contributed by atoms with E-state index in [0.717, 1.165) is 23.9 Å². The van der Waals surface area contributed by atoms with Crippen LogP contribution in [0.2, 0.25) is 0 Å². The summed E-state index contributed by atoms with van der Waals surface area (Å²) in [5, 5.41) is 3.82. The van der Waals surface area contributed by atoms with Crippen molar-refractivity contribution in [2.75, 3.05) is 0 Å². The summed E-state index contributed by atoms with van der Waals surface area (Å²) in [5.74, 6) is 1.84. The SMILES string of the molecule is CCC(CC)NC1C[C@H](C)C[C@@H](C)C1. The molecule has 0 aromatic heterocycles. The van der Waals surface area contributed by atoms with Crippen LogP contribution in [0.25, 0.3) is 0 Å². The van der Waals surface area contributed by atoms with E-state index in [1.807, 2.05) is 0 Å². The quantitative estimate of drug-likeness (QED) is 0.726. The van der Waals surface area contributed by atoms with Gasteiger partial charge in [-0.25, -0.2) is 0 Å². The van der Waals surface area contributed by atoms with Gasteiger partial charge in [-0.1, -0.05) is 27.7 Å². The molecule has 1 N–H and O–H groups in total. The van der Waals surface area contributed by atoms with Crippen molar-refractivity contribution in [3.63, 3.8) is 0 Å². The second-order valence-corrected chi connectivity index (χ2v) is 5.29. The molecule has 0 bridgehead atoms. The molecule has 2 atom stereocenters. The van der Waals surface area contributed by atoms with Gasteiger partial charge in [-0.15, -0.1) is 0 Å². The lowest BCUT2D eigenvalue weighted by Crippen LogP contribution is -2.42. The molecule has 1 aliphatic rings. The summed E-state index contributed by atoms with van der Waals surface area (Å²) in [4.78, 5) is 0. The van der Waals surface area contributed by atoms with Crippen LogP contribution < -0.4 is 5.32 Å². The van der Waals surface area contributed by atoms with Crippen LogP contribution in [-0.2, 0) is 0 Å². The van der Waals surface area contributed by atoms with Gasteiger partial charge in [0, 0.05) is 12.1 Å². The minimum atomic E-state index is 0.748. The highest BCUT2D eigenvalue weighted by molar-refractivity contribution is 4.81. The molecule has 14 heavy (non-hydrogen) atoms. The zero-order chi connectivity index (χ0) is 10.6. The van der Waals surface area contributed by atoms with E-state index in [0.29, 0.717) is 0 Å². The number of hydrogen-bond donors (Lipinski definition) is 1. The first-order valence-electron chi connectivity index (χ1n) is 6.41. The molecule has 1 aliphatic carbocycles. The van der Waals surface area contributed by atoms with Crippen LogP contribution in [0, 0.1) is 11.8 Å². The standard InChI is InChI=1S/C13H27N/c1-5-12(6-2)14-13-8-10(3)7-11(4)9-13/h10-14H,5-9H2,1-4H3/t10-,11-/m1/s1. The Morgan fingerprint density at radius 3 is 1.93 bits per heavy atom. The van der Waals surface area contributed by atoms with E-state index in [1.165, 1.54) is 32.1 Å². The average Bonchev–Trinajstić information content (AvgIpc) is 2.12. The smallest absolute Gasteiger partial charge is 0.00747 e. The molecule has 1 heteroatoms. The molecule has 0 radical (unpaired) electrons. The van der Waals surface area contributed by atoms with Crippen LogP contribution in [0.1, 0.15) is 59.8 Å². The molecule has 0 heterocycles. The number of nitrogens with one attached hydrogen (secondary N) is 1. The molecule has 84 valence electrons. The van der Waals surface area contributed by atoms with Gasteiger partial charge >= 0.3 is 0 Å². The third kappa shape index (κ3) is 3.61. The van der Waals surface area contributed by atoms with Crippen molar-refractivity contribution in [1.29, 1.82) is 0 Å². The summed E-state index contributed by atoms with van der Waals surface area (Å²) in [6.45, 7) is 9.38. The number of hydrogen-bond acceptors (Lipinski definition) is 1. The lowest BCUT2D eigenvalue weighted by molar-refractivity contribution is 0.222. The number of rotatable bonds is 4. The second-order valence-electron chi connectivity index (χ2n) is 5.29. The van der Waals surface area contributed by atoms with Crippen LogP contribution in [0.15, 0.2) is 0 Å². The van der Waals surface area contributed by atoms with Gasteiger partial charge in [-0.2, -0.15) is 0 Å². The predicted octanol–water partition coefficient (Wildman–Crippen LogP) is 3.59. The summed E-state index contributed by atoms with van der Waals surface area (Å²) in [6.07, 6.45) is 6.76. The molecule has 1 saturated carbocycles. The largest absolute Gasteiger partial charge is 0.311 e. The van der Waals surface area contributed by atoms with Gasteiger partial charge in [-0.05, 0) is 43.9 Å². The molecule has 1 nitrogen and oxygen atoms in total. The van der Waals surface area contributed by atoms with Crippen molar-refractivity contribution in [3.05, 3.63) is 0 Å². The summed E-state index contributed by atoms with van der Waals surface area (Å²) in [5.41, 5.74) is 0. The van der Waals surface area contributed by atoms with Crippen molar-refractivity contribution >= 4 is 0 Å². The predicted molar refractivity (Wildman–Crippen MR) is 63.5 cm³/mol. The van der Waals surface area contributed by atoms with Gasteiger partial charge in [0.15, 0.2) is 0 Å². The molecule has 0 aromatic carbocycles. The van der Waals surface area contributed by atoms with Crippen molar-refractivity contribution < 1.29 is 0 Å². The van der Waals surface area contributed by atoms with E-state index in [4.69, 9.17) is 0 Å². The lowest BCUT2D eigenvalue weighted by atomic mass is 9.80. The van der Waals surface area contributed by atoms with E-state index >= 15 is 0 Å². The third-order valence-electron chi connectivity index (χ3n) is 3.64. The fourth-order valence-electron chi connectivity index (χ4n) is 2.94. The maximum absolute atomic E-state index is 3.82. The Balaban J connectivity index is 2.35. The van der Waals surface area contributed by atoms with E-state index < -0.39 is 0 Å². The normalized spacial score (nSPS) is 33.6. The van der Waals surface area contributed by atoms with E-state index in [-0.39, 0.29) is 0 Å². The summed E-state index contributed by atoms with van der Waals surface area (Å²) in [7, 11) is 0. The molecular weight excluding hydrogens is 170 g/mol. The molecular formula is C13H27N. The lowest BCUT2D eigenvalue weighted by Gasteiger charge is -2.34. The van der Waals surface area contributed by atoms with Gasteiger partial charge in [0.05, 0.1) is 0 Å². The van der Waals surface area contributed by atoms with Gasteiger partial charge in [0.1, 0.15) is 0 Å². The zero-order valence-electron chi connectivity index (χ0n) is 10.3. The molecule has 0 spiro atoms. The zero-order valence-corrected chi connectivity index (χ0v) is 10.3. The Labute approximate surface area is 89.7 Å². The molecule has 1 fully saturated rings. The minimum absolute atomic E-state index is 0.748. The first-order valence-corrected chi connectivity index (χ1v) is 6.41. The topological polar surface area (TPSA) is 12.0 Å². The van der Waals surface area contributed by atoms with Gasteiger partial charge < -0.3 is 5.32 Å². The first-order chi connectivity index (χ1) is 6.65. The molecule has 0 amide bonds. The van der Waals surface area contributed by atoms with Gasteiger partial charge in [0.2, 0.25) is 0 Å². The monoisotopic (exact) mass is 197 g/mol. The molecule has 1 rings (SSSR count). The van der Waals surface area contributed by atoms with Crippen LogP contribution in [-0.4, -0.2) is 12.1 Å². The highest BCUT2D eigenvalue weighted by Gasteiger charge is 2.24. The summed E-state index contributed by atoms with van der Waals surface area (Å²) < 4.78 is 0. The second kappa shape index (κ2) is 5.75. The highest BCUT2D eigenvalue weighted by atomic mass is 14.9. The van der Waals surface area contributed by atoms with Crippen LogP contribution in [0.4, 0.5) is 0 Å². The summed E-state index contributed by atoms with van der Waals surface area (Å²) >= 11 is 0. The summed E-state index contributed by atoms with van der Waals surface area (Å²) in [6, 6.07) is 1.54. The van der Waals surface area contributed by atoms with Crippen molar-refractivity contribution in [1.82, 2.24) is 5.32 Å². The highest BCUT2D eigenvalue weighted by Crippen LogP contribution is 2.28. The Bertz CT molecular complexity index is 141. The average molecular weight is 197 g/mol. The van der Waals surface area contributed by atoms with E-state index in [9.17, 15) is 0 Å². The van der Waals surface area contributed by atoms with Crippen LogP contribution in [0.5, 0.6) is 0 Å². The van der Waals surface area contributed by atoms with Crippen molar-refractivity contribution in [3.8, 4) is 0 Å². The molecule has 0 aliphatic heterocycles.